The number of fused-ring (bicyclic) bond motifs is 6. The first-order chi connectivity index (χ1) is 19.0. The van der Waals surface area contributed by atoms with Crippen molar-refractivity contribution >= 4 is 10.1 Å². The van der Waals surface area contributed by atoms with Crippen molar-refractivity contribution in [2.75, 3.05) is 0 Å². The third-order valence-corrected chi connectivity index (χ3v) is 8.01. The topological polar surface area (TPSA) is 61.1 Å². The van der Waals surface area contributed by atoms with Crippen LogP contribution in [-0.2, 0) is 42.3 Å². The van der Waals surface area contributed by atoms with E-state index in [4.69, 9.17) is 13.0 Å². The molecule has 6 rings (SSSR count). The van der Waals surface area contributed by atoms with Crippen molar-refractivity contribution in [3.63, 3.8) is 0 Å². The molecule has 40 heavy (non-hydrogen) atoms. The first-order valence-corrected chi connectivity index (χ1v) is 14.7. The summed E-state index contributed by atoms with van der Waals surface area (Å²) in [5, 5.41) is 0. The van der Waals surface area contributed by atoms with E-state index >= 15 is 0 Å². The standard InChI is InChI=1S/C31H30N.CHF3O3S/c1-21(2)20-32-30-25-14-8-6-10-22(25)16-18-27(30)29(24-12-4-3-5-13-24)28-19-17-23-11-7-9-15-26(23)31(28)32;2-1(3,4)8(5,6)7/h3-15,21H,16-20H2,1-2H3;(H,5,6,7)/q+1;/p-1. The van der Waals surface area contributed by atoms with Crippen molar-refractivity contribution in [3.05, 3.63) is 101 Å². The van der Waals surface area contributed by atoms with Crippen LogP contribution in [0.2, 0.25) is 0 Å². The van der Waals surface area contributed by atoms with Crippen LogP contribution in [-0.4, -0.2) is 18.5 Å². The number of aryl methyl sites for hydroxylation is 2. The molecule has 1 heterocycles. The summed E-state index contributed by atoms with van der Waals surface area (Å²) in [5.74, 6) is 0.582. The van der Waals surface area contributed by atoms with Crippen molar-refractivity contribution in [1.82, 2.24) is 0 Å². The van der Waals surface area contributed by atoms with Crippen molar-refractivity contribution in [2.45, 2.75) is 51.6 Å². The molecule has 0 radical (unpaired) electrons. The summed E-state index contributed by atoms with van der Waals surface area (Å²) in [5.41, 5.74) is 9.06. The molecule has 0 unspecified atom stereocenters. The van der Waals surface area contributed by atoms with Gasteiger partial charge in [-0.15, -0.1) is 0 Å². The van der Waals surface area contributed by atoms with E-state index in [-0.39, 0.29) is 0 Å². The van der Waals surface area contributed by atoms with Crippen LogP contribution >= 0.6 is 0 Å². The number of rotatable bonds is 3. The van der Waals surface area contributed by atoms with Crippen molar-refractivity contribution in [3.8, 4) is 33.6 Å². The molecule has 0 fully saturated rings. The second-order valence-electron chi connectivity index (χ2n) is 10.6. The highest BCUT2D eigenvalue weighted by Gasteiger charge is 2.38. The molecule has 0 saturated carbocycles. The Morgan fingerprint density at radius 1 is 0.750 bits per heavy atom. The first kappa shape index (κ1) is 28.1. The molecular formula is C32H30F3NO3S. The van der Waals surface area contributed by atoms with Crippen LogP contribution in [0.5, 0.6) is 0 Å². The largest absolute Gasteiger partial charge is 0.741 e. The Hall–Kier alpha value is -3.49. The van der Waals surface area contributed by atoms with E-state index in [2.05, 4.69) is 97.3 Å². The quantitative estimate of drug-likeness (QED) is 0.155. The summed E-state index contributed by atoms with van der Waals surface area (Å²) < 4.78 is 61.6. The molecule has 4 nitrogen and oxygen atoms in total. The zero-order chi connectivity index (χ0) is 28.7. The van der Waals surface area contributed by atoms with Gasteiger partial charge in [0.25, 0.3) is 0 Å². The van der Waals surface area contributed by atoms with Crippen molar-refractivity contribution in [1.29, 1.82) is 0 Å². The minimum atomic E-state index is -6.09. The zero-order valence-electron chi connectivity index (χ0n) is 22.3. The summed E-state index contributed by atoms with van der Waals surface area (Å²) in [6.07, 6.45) is 4.48. The monoisotopic (exact) mass is 565 g/mol. The molecule has 0 N–H and O–H groups in total. The highest BCUT2D eigenvalue weighted by atomic mass is 32.2. The number of pyridine rings is 1. The Kier molecular flexibility index (Phi) is 7.59. The summed E-state index contributed by atoms with van der Waals surface area (Å²) in [6.45, 7) is 5.74. The molecule has 3 aromatic carbocycles. The number of halogens is 3. The molecule has 2 aliphatic rings. The number of aromatic nitrogens is 1. The van der Waals surface area contributed by atoms with Gasteiger partial charge in [-0.25, -0.2) is 8.42 Å². The van der Waals surface area contributed by atoms with Crippen LogP contribution in [0.25, 0.3) is 33.6 Å². The van der Waals surface area contributed by atoms with Crippen LogP contribution in [0.4, 0.5) is 13.2 Å². The molecule has 0 atom stereocenters. The lowest BCUT2D eigenvalue weighted by Gasteiger charge is -2.29. The van der Waals surface area contributed by atoms with Crippen molar-refractivity contribution < 1.29 is 30.7 Å². The SMILES string of the molecule is CC(C)C[n+]1c2c(c(-c3ccccc3)c3c1-c1ccccc1CC3)CCc1ccccc1-2.O=S(=O)([O-])C(F)(F)F. The van der Waals surface area contributed by atoms with Gasteiger partial charge in [0.15, 0.2) is 16.7 Å². The van der Waals surface area contributed by atoms with Crippen LogP contribution < -0.4 is 4.57 Å². The number of alkyl halides is 3. The average Bonchev–Trinajstić information content (AvgIpc) is 2.92. The van der Waals surface area contributed by atoms with Crippen LogP contribution in [0.1, 0.15) is 36.1 Å². The maximum Gasteiger partial charge on any atom is 0.485 e. The van der Waals surface area contributed by atoms with E-state index in [1.807, 2.05) is 0 Å². The van der Waals surface area contributed by atoms with E-state index in [9.17, 15) is 13.2 Å². The highest BCUT2D eigenvalue weighted by Crippen LogP contribution is 2.44. The summed E-state index contributed by atoms with van der Waals surface area (Å²) in [6, 6.07) is 29.3. The van der Waals surface area contributed by atoms with Gasteiger partial charge in [0.05, 0.1) is 0 Å². The molecular weight excluding hydrogens is 535 g/mol. The van der Waals surface area contributed by atoms with Gasteiger partial charge >= 0.3 is 5.51 Å². The molecule has 208 valence electrons. The molecule has 0 spiro atoms. The zero-order valence-corrected chi connectivity index (χ0v) is 23.1. The maximum atomic E-state index is 10.7. The summed E-state index contributed by atoms with van der Waals surface area (Å²) >= 11 is 0. The van der Waals surface area contributed by atoms with E-state index in [1.165, 1.54) is 44.8 Å². The van der Waals surface area contributed by atoms with Gasteiger partial charge in [-0.3, -0.25) is 0 Å². The Morgan fingerprint density at radius 2 is 1.18 bits per heavy atom. The first-order valence-electron chi connectivity index (χ1n) is 13.3. The smallest absolute Gasteiger partial charge is 0.485 e. The fourth-order valence-electron chi connectivity index (χ4n) is 5.92. The average molecular weight is 566 g/mol. The predicted molar refractivity (Wildman–Crippen MR) is 148 cm³/mol. The third-order valence-electron chi connectivity index (χ3n) is 7.44. The van der Waals surface area contributed by atoms with Crippen molar-refractivity contribution in [2.24, 2.45) is 5.92 Å². The van der Waals surface area contributed by atoms with E-state index in [1.54, 1.807) is 11.1 Å². The van der Waals surface area contributed by atoms with Gasteiger partial charge < -0.3 is 4.55 Å². The second kappa shape index (κ2) is 10.8. The Morgan fingerprint density at radius 3 is 1.60 bits per heavy atom. The second-order valence-corrected chi connectivity index (χ2v) is 12.0. The molecule has 0 aliphatic heterocycles. The molecule has 1 aromatic heterocycles. The molecule has 0 bridgehead atoms. The number of nitrogens with zero attached hydrogens (tertiary/aromatic N) is 1. The van der Waals surface area contributed by atoms with Gasteiger partial charge in [-0.05, 0) is 54.5 Å². The Bertz CT molecular complexity index is 1590. The van der Waals surface area contributed by atoms with Gasteiger partial charge in [0.1, 0.15) is 0 Å². The Balaban J connectivity index is 0.000000355. The third kappa shape index (κ3) is 5.30. The van der Waals surface area contributed by atoms with Gasteiger partial charge in [-0.1, -0.05) is 80.6 Å². The van der Waals surface area contributed by atoms with Crippen LogP contribution in [0, 0.1) is 5.92 Å². The molecule has 2 aliphatic carbocycles. The normalized spacial score (nSPS) is 13.9. The Labute approximate surface area is 232 Å². The molecule has 0 saturated heterocycles. The van der Waals surface area contributed by atoms with E-state index in [0.717, 1.165) is 32.2 Å². The van der Waals surface area contributed by atoms with E-state index < -0.39 is 15.6 Å². The summed E-state index contributed by atoms with van der Waals surface area (Å²) in [7, 11) is -6.09. The van der Waals surface area contributed by atoms with Crippen LogP contribution in [0.15, 0.2) is 78.9 Å². The lowest BCUT2D eigenvalue weighted by atomic mass is 9.77. The van der Waals surface area contributed by atoms with Crippen LogP contribution in [0.3, 0.4) is 0 Å². The number of hydrogen-bond acceptors (Lipinski definition) is 3. The number of benzene rings is 3. The fourth-order valence-corrected chi connectivity index (χ4v) is 5.92. The predicted octanol–water partition coefficient (Wildman–Crippen LogP) is 6.88. The minimum Gasteiger partial charge on any atom is -0.741 e. The number of hydrogen-bond donors (Lipinski definition) is 0. The molecule has 4 aromatic rings. The highest BCUT2D eigenvalue weighted by molar-refractivity contribution is 7.86. The lowest BCUT2D eigenvalue weighted by molar-refractivity contribution is -0.681. The van der Waals surface area contributed by atoms with Gasteiger partial charge in [0, 0.05) is 33.7 Å². The fraction of sp³-hybridized carbons (Fsp3) is 0.281. The molecule has 8 heteroatoms. The van der Waals surface area contributed by atoms with E-state index in [0.29, 0.717) is 5.92 Å². The van der Waals surface area contributed by atoms with Gasteiger partial charge in [-0.2, -0.15) is 17.7 Å². The maximum absolute atomic E-state index is 10.7. The van der Waals surface area contributed by atoms with Gasteiger partial charge in [0.2, 0.25) is 11.4 Å². The summed E-state index contributed by atoms with van der Waals surface area (Å²) in [4.78, 5) is 0. The minimum absolute atomic E-state index is 0.582. The lowest BCUT2D eigenvalue weighted by Crippen LogP contribution is -2.45. The molecule has 0 amide bonds.